The lowest BCUT2D eigenvalue weighted by Crippen LogP contribution is -2.00. The zero-order chi connectivity index (χ0) is 13.8. The Morgan fingerprint density at radius 3 is 2.79 bits per heavy atom. The summed E-state index contributed by atoms with van der Waals surface area (Å²) in [6.45, 7) is 7.15. The summed E-state index contributed by atoms with van der Waals surface area (Å²) in [4.78, 5) is 4.72. The zero-order valence-electron chi connectivity index (χ0n) is 11.7. The molecule has 0 spiro atoms. The Hall–Kier alpha value is -1.28. The summed E-state index contributed by atoms with van der Waals surface area (Å²) in [6, 6.07) is 7.87. The van der Waals surface area contributed by atoms with Crippen LogP contribution in [0.2, 0.25) is 5.02 Å². The van der Waals surface area contributed by atoms with Crippen molar-refractivity contribution in [1.29, 1.82) is 0 Å². The summed E-state index contributed by atoms with van der Waals surface area (Å²) in [5.74, 6) is 1.39. The molecule has 19 heavy (non-hydrogen) atoms. The number of nitrogens with zero attached hydrogens (tertiary/aromatic N) is 1. The summed E-state index contributed by atoms with van der Waals surface area (Å²) in [5.41, 5.74) is 1.90. The third-order valence-electron chi connectivity index (χ3n) is 2.88. The number of benzene rings is 1. The standard InChI is InChI=1S/C16H20ClNO/c1-4-8-19-15-7-5-6-13-14(17)10-12(9-11(2)3)18-16(13)15/h5-7,10-11H,4,8-9H2,1-3H3. The third kappa shape index (κ3) is 3.38. The minimum absolute atomic E-state index is 0.560. The summed E-state index contributed by atoms with van der Waals surface area (Å²) < 4.78 is 5.76. The lowest BCUT2D eigenvalue weighted by molar-refractivity contribution is 0.320. The van der Waals surface area contributed by atoms with Gasteiger partial charge < -0.3 is 4.74 Å². The Balaban J connectivity index is 2.49. The molecule has 0 fully saturated rings. The van der Waals surface area contributed by atoms with Gasteiger partial charge >= 0.3 is 0 Å². The minimum atomic E-state index is 0.560. The number of pyridine rings is 1. The average Bonchev–Trinajstić information content (AvgIpc) is 2.36. The van der Waals surface area contributed by atoms with E-state index in [0.717, 1.165) is 40.2 Å². The van der Waals surface area contributed by atoms with Crippen LogP contribution in [0.3, 0.4) is 0 Å². The molecule has 0 aliphatic heterocycles. The largest absolute Gasteiger partial charge is 0.491 e. The number of aromatic nitrogens is 1. The fraction of sp³-hybridized carbons (Fsp3) is 0.438. The van der Waals surface area contributed by atoms with Crippen molar-refractivity contribution in [2.45, 2.75) is 33.6 Å². The van der Waals surface area contributed by atoms with Crippen molar-refractivity contribution in [3.8, 4) is 5.75 Å². The van der Waals surface area contributed by atoms with Crippen LogP contribution in [-0.2, 0) is 6.42 Å². The van der Waals surface area contributed by atoms with Crippen molar-refractivity contribution < 1.29 is 4.74 Å². The first kappa shape index (κ1) is 14.1. The molecule has 2 aromatic rings. The molecule has 0 unspecified atom stereocenters. The van der Waals surface area contributed by atoms with Crippen molar-refractivity contribution in [2.24, 2.45) is 5.92 Å². The van der Waals surface area contributed by atoms with E-state index in [2.05, 4.69) is 20.8 Å². The molecule has 3 heteroatoms. The van der Waals surface area contributed by atoms with Gasteiger partial charge in [0.25, 0.3) is 0 Å². The molecule has 2 rings (SSSR count). The Bertz CT molecular complexity index is 566. The van der Waals surface area contributed by atoms with Crippen molar-refractivity contribution >= 4 is 22.5 Å². The quantitative estimate of drug-likeness (QED) is 0.777. The maximum Gasteiger partial charge on any atom is 0.145 e. The maximum absolute atomic E-state index is 6.36. The Labute approximate surface area is 119 Å². The molecule has 0 radical (unpaired) electrons. The number of fused-ring (bicyclic) bond motifs is 1. The molecular formula is C16H20ClNO. The highest BCUT2D eigenvalue weighted by atomic mass is 35.5. The second kappa shape index (κ2) is 6.25. The second-order valence-corrected chi connectivity index (χ2v) is 5.60. The van der Waals surface area contributed by atoms with E-state index in [-0.39, 0.29) is 0 Å². The van der Waals surface area contributed by atoms with E-state index in [1.807, 2.05) is 24.3 Å². The van der Waals surface area contributed by atoms with Crippen LogP contribution in [0.4, 0.5) is 0 Å². The van der Waals surface area contributed by atoms with E-state index in [0.29, 0.717) is 12.5 Å². The molecule has 1 aromatic heterocycles. The van der Waals surface area contributed by atoms with E-state index in [4.69, 9.17) is 21.3 Å². The van der Waals surface area contributed by atoms with Gasteiger partial charge in [0, 0.05) is 11.1 Å². The first-order valence-corrected chi connectivity index (χ1v) is 7.20. The van der Waals surface area contributed by atoms with Gasteiger partial charge in [-0.25, -0.2) is 4.98 Å². The fourth-order valence-electron chi connectivity index (χ4n) is 2.08. The molecule has 0 N–H and O–H groups in total. The normalized spacial score (nSPS) is 11.2. The van der Waals surface area contributed by atoms with Gasteiger partial charge in [-0.3, -0.25) is 0 Å². The second-order valence-electron chi connectivity index (χ2n) is 5.19. The van der Waals surface area contributed by atoms with Crippen LogP contribution in [0.15, 0.2) is 24.3 Å². The molecule has 0 aliphatic carbocycles. The van der Waals surface area contributed by atoms with E-state index in [1.165, 1.54) is 0 Å². The monoisotopic (exact) mass is 277 g/mol. The van der Waals surface area contributed by atoms with Crippen LogP contribution in [0.5, 0.6) is 5.75 Å². The van der Waals surface area contributed by atoms with E-state index in [9.17, 15) is 0 Å². The van der Waals surface area contributed by atoms with Crippen molar-refractivity contribution in [3.05, 3.63) is 35.0 Å². The molecule has 0 bridgehead atoms. The molecule has 2 nitrogen and oxygen atoms in total. The Kier molecular flexibility index (Phi) is 4.65. The van der Waals surface area contributed by atoms with Gasteiger partial charge in [0.05, 0.1) is 11.6 Å². The summed E-state index contributed by atoms with van der Waals surface area (Å²) in [6.07, 6.45) is 1.91. The molecule has 0 saturated heterocycles. The topological polar surface area (TPSA) is 22.1 Å². The van der Waals surface area contributed by atoms with Crippen LogP contribution >= 0.6 is 11.6 Å². The van der Waals surface area contributed by atoms with Gasteiger partial charge in [-0.05, 0) is 30.9 Å². The van der Waals surface area contributed by atoms with Gasteiger partial charge in [-0.15, -0.1) is 0 Å². The highest BCUT2D eigenvalue weighted by Crippen LogP contribution is 2.30. The number of ether oxygens (including phenoxy) is 1. The van der Waals surface area contributed by atoms with E-state index >= 15 is 0 Å². The lowest BCUT2D eigenvalue weighted by Gasteiger charge is -2.11. The van der Waals surface area contributed by atoms with Crippen molar-refractivity contribution in [2.75, 3.05) is 6.61 Å². The molecule has 0 aliphatic rings. The first-order valence-electron chi connectivity index (χ1n) is 6.82. The lowest BCUT2D eigenvalue weighted by atomic mass is 10.1. The molecule has 0 amide bonds. The van der Waals surface area contributed by atoms with Gasteiger partial charge in [0.2, 0.25) is 0 Å². The van der Waals surface area contributed by atoms with Crippen LogP contribution in [-0.4, -0.2) is 11.6 Å². The van der Waals surface area contributed by atoms with Crippen molar-refractivity contribution in [3.63, 3.8) is 0 Å². The van der Waals surface area contributed by atoms with Gasteiger partial charge in [0.15, 0.2) is 0 Å². The van der Waals surface area contributed by atoms with Crippen LogP contribution in [0, 0.1) is 5.92 Å². The van der Waals surface area contributed by atoms with Gasteiger partial charge in [-0.1, -0.05) is 44.5 Å². The zero-order valence-corrected chi connectivity index (χ0v) is 12.5. The van der Waals surface area contributed by atoms with Crippen LogP contribution < -0.4 is 4.74 Å². The number of hydrogen-bond donors (Lipinski definition) is 0. The molecule has 1 aromatic carbocycles. The SMILES string of the molecule is CCCOc1cccc2c(Cl)cc(CC(C)C)nc12. The Morgan fingerprint density at radius 2 is 2.11 bits per heavy atom. The third-order valence-corrected chi connectivity index (χ3v) is 3.20. The first-order chi connectivity index (χ1) is 9.11. The highest BCUT2D eigenvalue weighted by molar-refractivity contribution is 6.35. The Morgan fingerprint density at radius 1 is 1.32 bits per heavy atom. The van der Waals surface area contributed by atoms with E-state index < -0.39 is 0 Å². The molecule has 0 atom stereocenters. The minimum Gasteiger partial charge on any atom is -0.491 e. The summed E-state index contributed by atoms with van der Waals surface area (Å²) >= 11 is 6.36. The summed E-state index contributed by atoms with van der Waals surface area (Å²) in [7, 11) is 0. The van der Waals surface area contributed by atoms with Crippen LogP contribution in [0.1, 0.15) is 32.9 Å². The highest BCUT2D eigenvalue weighted by Gasteiger charge is 2.10. The average molecular weight is 278 g/mol. The predicted molar refractivity (Wildman–Crippen MR) is 81.1 cm³/mol. The molecule has 102 valence electrons. The molecule has 0 saturated carbocycles. The number of hydrogen-bond acceptors (Lipinski definition) is 2. The molecule has 1 heterocycles. The maximum atomic E-state index is 6.36. The smallest absolute Gasteiger partial charge is 0.145 e. The van der Waals surface area contributed by atoms with Gasteiger partial charge in [-0.2, -0.15) is 0 Å². The number of rotatable bonds is 5. The predicted octanol–water partition coefficient (Wildman–Crippen LogP) is 4.88. The fourth-order valence-corrected chi connectivity index (χ4v) is 2.36. The van der Waals surface area contributed by atoms with Crippen molar-refractivity contribution in [1.82, 2.24) is 4.98 Å². The molecular weight excluding hydrogens is 258 g/mol. The van der Waals surface area contributed by atoms with Crippen LogP contribution in [0.25, 0.3) is 10.9 Å². The van der Waals surface area contributed by atoms with Gasteiger partial charge in [0.1, 0.15) is 11.3 Å². The number of para-hydroxylation sites is 1. The number of halogens is 1. The summed E-state index contributed by atoms with van der Waals surface area (Å²) in [5, 5.41) is 1.71. The van der Waals surface area contributed by atoms with E-state index in [1.54, 1.807) is 0 Å².